The van der Waals surface area contributed by atoms with Gasteiger partial charge in [-0.3, -0.25) is 19.3 Å². The number of ether oxygens (including phenoxy) is 1. The van der Waals surface area contributed by atoms with Crippen molar-refractivity contribution in [1.29, 1.82) is 0 Å². The van der Waals surface area contributed by atoms with Crippen LogP contribution in [0.3, 0.4) is 0 Å². The second-order valence-electron chi connectivity index (χ2n) is 8.65. The summed E-state index contributed by atoms with van der Waals surface area (Å²) in [5.41, 5.74) is 3.12. The number of anilines is 1. The number of hydrogen-bond donors (Lipinski definition) is 1. The first-order valence-corrected chi connectivity index (χ1v) is 13.1. The first-order valence-electron chi connectivity index (χ1n) is 11.5. The van der Waals surface area contributed by atoms with E-state index in [0.717, 1.165) is 27.8 Å². The highest BCUT2D eigenvalue weighted by molar-refractivity contribution is 8.18. The highest BCUT2D eigenvalue weighted by Gasteiger charge is 2.36. The fraction of sp³-hybridized carbons (Fsp3) is 0.179. The van der Waals surface area contributed by atoms with Crippen LogP contribution >= 0.6 is 35.0 Å². The molecule has 1 fully saturated rings. The van der Waals surface area contributed by atoms with Gasteiger partial charge < -0.3 is 10.1 Å². The van der Waals surface area contributed by atoms with E-state index in [4.69, 9.17) is 27.9 Å². The van der Waals surface area contributed by atoms with Gasteiger partial charge in [-0.2, -0.15) is 0 Å². The fourth-order valence-electron chi connectivity index (χ4n) is 3.60. The summed E-state index contributed by atoms with van der Waals surface area (Å²) < 4.78 is 5.94. The van der Waals surface area contributed by atoms with Crippen molar-refractivity contribution in [3.05, 3.63) is 98.4 Å². The number of nitrogens with zero attached hydrogens (tertiary/aromatic N) is 1. The molecule has 3 amide bonds. The van der Waals surface area contributed by atoms with E-state index >= 15 is 0 Å². The summed E-state index contributed by atoms with van der Waals surface area (Å²) in [6.07, 6.45) is 1.59. The molecule has 3 aromatic rings. The molecule has 1 aliphatic rings. The Morgan fingerprint density at radius 3 is 2.49 bits per heavy atom. The van der Waals surface area contributed by atoms with E-state index in [0.29, 0.717) is 33.0 Å². The van der Waals surface area contributed by atoms with E-state index in [9.17, 15) is 14.4 Å². The number of amides is 3. The summed E-state index contributed by atoms with van der Waals surface area (Å²) in [4.78, 5) is 39.2. The molecule has 37 heavy (non-hydrogen) atoms. The smallest absolute Gasteiger partial charge is 0.294 e. The van der Waals surface area contributed by atoms with E-state index in [2.05, 4.69) is 19.2 Å². The highest BCUT2D eigenvalue weighted by atomic mass is 35.5. The molecular formula is C28H24Cl2N2O4S. The van der Waals surface area contributed by atoms with Crippen molar-refractivity contribution in [1.82, 2.24) is 4.90 Å². The van der Waals surface area contributed by atoms with Gasteiger partial charge in [0, 0.05) is 26.9 Å². The van der Waals surface area contributed by atoms with Gasteiger partial charge in [-0.15, -0.1) is 0 Å². The first kappa shape index (κ1) is 26.8. The Bertz CT molecular complexity index is 1370. The maximum atomic E-state index is 13.0. The summed E-state index contributed by atoms with van der Waals surface area (Å²) in [6.45, 7) is 3.99. The summed E-state index contributed by atoms with van der Waals surface area (Å²) >= 11 is 13.0. The molecule has 0 radical (unpaired) electrons. The van der Waals surface area contributed by atoms with Crippen molar-refractivity contribution in [3.63, 3.8) is 0 Å². The van der Waals surface area contributed by atoms with Gasteiger partial charge >= 0.3 is 0 Å². The first-order chi connectivity index (χ1) is 17.7. The molecule has 0 saturated carbocycles. The lowest BCUT2D eigenvalue weighted by Gasteiger charge is -2.13. The minimum Gasteiger partial charge on any atom is -0.488 e. The number of halogens is 2. The lowest BCUT2D eigenvalue weighted by Crippen LogP contribution is -2.36. The molecule has 9 heteroatoms. The van der Waals surface area contributed by atoms with E-state index in [1.165, 1.54) is 0 Å². The largest absolute Gasteiger partial charge is 0.488 e. The normalized spacial score (nSPS) is 14.5. The van der Waals surface area contributed by atoms with Crippen LogP contribution in [-0.4, -0.2) is 28.5 Å². The Labute approximate surface area is 229 Å². The minimum atomic E-state index is -0.532. The third-order valence-corrected chi connectivity index (χ3v) is 7.13. The lowest BCUT2D eigenvalue weighted by atomic mass is 10.0. The summed E-state index contributed by atoms with van der Waals surface area (Å²) in [7, 11) is 0. The van der Waals surface area contributed by atoms with Crippen molar-refractivity contribution in [2.45, 2.75) is 26.4 Å². The summed E-state index contributed by atoms with van der Waals surface area (Å²) in [5.74, 6) is -0.0965. The van der Waals surface area contributed by atoms with Crippen LogP contribution < -0.4 is 10.1 Å². The standard InChI is InChI=1S/C28H24Cl2N2O4S/c1-17(2)18-8-11-22(12-9-18)31-26(33)15-32-27(34)25(37-28(32)35)13-19-5-3-4-6-24(19)36-16-20-7-10-21(29)14-23(20)30/h3-14,17H,15-16H2,1-2H3,(H,31,33)/b25-13+. The van der Waals surface area contributed by atoms with Crippen molar-refractivity contribution >= 4 is 63.8 Å². The van der Waals surface area contributed by atoms with Crippen LogP contribution in [0, 0.1) is 0 Å². The number of carbonyl (C=O) groups excluding carboxylic acids is 3. The summed E-state index contributed by atoms with van der Waals surface area (Å²) in [5, 5.41) is 3.25. The Kier molecular flexibility index (Phi) is 8.59. The topological polar surface area (TPSA) is 75.7 Å². The molecule has 1 heterocycles. The third-order valence-electron chi connectivity index (χ3n) is 5.64. The molecule has 1 saturated heterocycles. The van der Waals surface area contributed by atoms with Gasteiger partial charge in [0.25, 0.3) is 11.1 Å². The second-order valence-corrected chi connectivity index (χ2v) is 10.5. The van der Waals surface area contributed by atoms with Crippen LogP contribution in [0.2, 0.25) is 10.0 Å². The predicted molar refractivity (Wildman–Crippen MR) is 149 cm³/mol. The van der Waals surface area contributed by atoms with Crippen LogP contribution in [0.4, 0.5) is 10.5 Å². The van der Waals surface area contributed by atoms with Gasteiger partial charge in [-0.1, -0.05) is 73.4 Å². The molecule has 0 atom stereocenters. The van der Waals surface area contributed by atoms with Gasteiger partial charge in [-0.25, -0.2) is 0 Å². The molecule has 0 spiro atoms. The average molecular weight is 555 g/mol. The van der Waals surface area contributed by atoms with Crippen LogP contribution in [-0.2, 0) is 16.2 Å². The van der Waals surface area contributed by atoms with Gasteiger partial charge in [-0.05, 0) is 59.7 Å². The fourth-order valence-corrected chi connectivity index (χ4v) is 4.89. The van der Waals surface area contributed by atoms with E-state index in [1.54, 1.807) is 60.7 Å². The van der Waals surface area contributed by atoms with Crippen LogP contribution in [0.1, 0.15) is 36.5 Å². The SMILES string of the molecule is CC(C)c1ccc(NC(=O)CN2C(=O)S/C(=C/c3ccccc3OCc3ccc(Cl)cc3Cl)C2=O)cc1. The van der Waals surface area contributed by atoms with E-state index in [-0.39, 0.29) is 18.1 Å². The van der Waals surface area contributed by atoms with Crippen LogP contribution in [0.5, 0.6) is 5.75 Å². The Balaban J connectivity index is 1.43. The third kappa shape index (κ3) is 6.74. The Hall–Kier alpha value is -3.26. The van der Waals surface area contributed by atoms with E-state index < -0.39 is 17.1 Å². The average Bonchev–Trinajstić information content (AvgIpc) is 3.12. The molecule has 0 aliphatic carbocycles. The number of imide groups is 1. The maximum Gasteiger partial charge on any atom is 0.294 e. The van der Waals surface area contributed by atoms with E-state index in [1.807, 2.05) is 12.1 Å². The number of hydrogen-bond acceptors (Lipinski definition) is 5. The van der Waals surface area contributed by atoms with Gasteiger partial charge in [0.1, 0.15) is 18.9 Å². The van der Waals surface area contributed by atoms with Crippen molar-refractivity contribution in [2.24, 2.45) is 0 Å². The minimum absolute atomic E-state index is 0.195. The molecule has 0 unspecified atom stereocenters. The molecule has 3 aromatic carbocycles. The van der Waals surface area contributed by atoms with Crippen LogP contribution in [0.15, 0.2) is 71.6 Å². The molecule has 1 aliphatic heterocycles. The number of rotatable bonds is 8. The number of para-hydroxylation sites is 1. The number of benzene rings is 3. The summed E-state index contributed by atoms with van der Waals surface area (Å²) in [6, 6.07) is 19.8. The van der Waals surface area contributed by atoms with Crippen LogP contribution in [0.25, 0.3) is 6.08 Å². The Morgan fingerprint density at radius 2 is 1.78 bits per heavy atom. The zero-order valence-corrected chi connectivity index (χ0v) is 22.5. The number of nitrogens with one attached hydrogen (secondary N) is 1. The predicted octanol–water partition coefficient (Wildman–Crippen LogP) is 7.37. The molecule has 4 rings (SSSR count). The zero-order chi connectivity index (χ0) is 26.5. The highest BCUT2D eigenvalue weighted by Crippen LogP contribution is 2.34. The lowest BCUT2D eigenvalue weighted by molar-refractivity contribution is -0.127. The maximum absolute atomic E-state index is 13.0. The quantitative estimate of drug-likeness (QED) is 0.294. The number of thioether (sulfide) groups is 1. The zero-order valence-electron chi connectivity index (χ0n) is 20.2. The molecule has 6 nitrogen and oxygen atoms in total. The molecular weight excluding hydrogens is 531 g/mol. The van der Waals surface area contributed by atoms with Crippen molar-refractivity contribution in [2.75, 3.05) is 11.9 Å². The molecule has 0 aromatic heterocycles. The molecule has 1 N–H and O–H groups in total. The second kappa shape index (κ2) is 11.9. The monoisotopic (exact) mass is 554 g/mol. The van der Waals surface area contributed by atoms with Gasteiger partial charge in [0.2, 0.25) is 5.91 Å². The van der Waals surface area contributed by atoms with Crippen molar-refractivity contribution < 1.29 is 19.1 Å². The van der Waals surface area contributed by atoms with Gasteiger partial charge in [0.15, 0.2) is 0 Å². The van der Waals surface area contributed by atoms with Crippen molar-refractivity contribution in [3.8, 4) is 5.75 Å². The Morgan fingerprint density at radius 1 is 1.05 bits per heavy atom. The number of carbonyl (C=O) groups is 3. The van der Waals surface area contributed by atoms with Gasteiger partial charge in [0.05, 0.1) is 4.91 Å². The molecule has 190 valence electrons. The molecule has 0 bridgehead atoms.